The maximum atomic E-state index is 8.86. The minimum absolute atomic E-state index is 0.314. The van der Waals surface area contributed by atoms with Crippen LogP contribution in [0.2, 0.25) is 0 Å². The van der Waals surface area contributed by atoms with Crippen LogP contribution in [0.3, 0.4) is 0 Å². The highest BCUT2D eigenvalue weighted by molar-refractivity contribution is 4.79. The summed E-state index contributed by atoms with van der Waals surface area (Å²) in [5.41, 5.74) is 0. The van der Waals surface area contributed by atoms with E-state index in [4.69, 9.17) is 5.11 Å². The van der Waals surface area contributed by atoms with E-state index in [-0.39, 0.29) is 0 Å². The van der Waals surface area contributed by atoms with Gasteiger partial charge in [0.1, 0.15) is 0 Å². The molecule has 0 aliphatic carbocycles. The van der Waals surface area contributed by atoms with Crippen molar-refractivity contribution in [2.24, 2.45) is 0 Å². The molecular weight excluding hydrogens is 176 g/mol. The van der Waals surface area contributed by atoms with Gasteiger partial charge in [-0.05, 0) is 46.2 Å². The van der Waals surface area contributed by atoms with Crippen LogP contribution in [0.25, 0.3) is 0 Å². The van der Waals surface area contributed by atoms with Gasteiger partial charge in [0.2, 0.25) is 0 Å². The summed E-state index contributed by atoms with van der Waals surface area (Å²) >= 11 is 0. The van der Waals surface area contributed by atoms with E-state index >= 15 is 0 Å². The molecule has 1 aliphatic rings. The number of aliphatic hydroxyl groups is 1. The average Bonchev–Trinajstić information content (AvgIpc) is 2.19. The zero-order valence-electron chi connectivity index (χ0n) is 9.50. The smallest absolute Gasteiger partial charge is 0.0443 e. The van der Waals surface area contributed by atoms with E-state index in [1.165, 1.54) is 12.8 Å². The van der Waals surface area contributed by atoms with Gasteiger partial charge in [0.05, 0.1) is 0 Å². The van der Waals surface area contributed by atoms with Crippen molar-refractivity contribution in [1.82, 2.24) is 10.2 Å². The Kier molecular flexibility index (Phi) is 5.45. The Hall–Kier alpha value is -0.120. The van der Waals surface area contributed by atoms with Gasteiger partial charge in [0, 0.05) is 25.2 Å². The van der Waals surface area contributed by atoms with Gasteiger partial charge in [-0.2, -0.15) is 0 Å². The van der Waals surface area contributed by atoms with Gasteiger partial charge in [-0.15, -0.1) is 0 Å². The number of hydrogen-bond acceptors (Lipinski definition) is 3. The Morgan fingerprint density at radius 2 is 2.00 bits per heavy atom. The molecule has 3 nitrogen and oxygen atoms in total. The molecule has 0 aromatic heterocycles. The van der Waals surface area contributed by atoms with E-state index in [2.05, 4.69) is 24.1 Å². The van der Waals surface area contributed by atoms with E-state index in [9.17, 15) is 0 Å². The molecule has 84 valence electrons. The highest BCUT2D eigenvalue weighted by atomic mass is 16.3. The highest BCUT2D eigenvalue weighted by Gasteiger charge is 2.22. The maximum absolute atomic E-state index is 8.86. The first-order valence-corrected chi connectivity index (χ1v) is 5.83. The summed E-state index contributed by atoms with van der Waals surface area (Å²) in [6, 6.07) is 1.33. The predicted octanol–water partition coefficient (Wildman–Crippen LogP) is 0.831. The van der Waals surface area contributed by atoms with Crippen LogP contribution in [0.4, 0.5) is 0 Å². The quantitative estimate of drug-likeness (QED) is 0.690. The molecule has 0 aromatic rings. The number of aliphatic hydroxyl groups excluding tert-OH is 1. The standard InChI is InChI=1S/C11H24N2O/c1-10(2)13(8-3-9-14)11-4-6-12-7-5-11/h10-12,14H,3-9H2,1-2H3. The Balaban J connectivity index is 2.39. The van der Waals surface area contributed by atoms with Crippen LogP contribution in [0.5, 0.6) is 0 Å². The van der Waals surface area contributed by atoms with Gasteiger partial charge in [-0.3, -0.25) is 4.90 Å². The van der Waals surface area contributed by atoms with Gasteiger partial charge >= 0.3 is 0 Å². The molecule has 1 heterocycles. The third-order valence-electron chi connectivity index (χ3n) is 3.02. The third kappa shape index (κ3) is 3.56. The fourth-order valence-electron chi connectivity index (χ4n) is 2.25. The van der Waals surface area contributed by atoms with Crippen LogP contribution in [-0.4, -0.2) is 48.3 Å². The van der Waals surface area contributed by atoms with Crippen molar-refractivity contribution < 1.29 is 5.11 Å². The molecule has 0 aromatic carbocycles. The molecule has 0 bridgehead atoms. The lowest BCUT2D eigenvalue weighted by molar-refractivity contribution is 0.114. The Labute approximate surface area is 87.5 Å². The van der Waals surface area contributed by atoms with Crippen LogP contribution in [-0.2, 0) is 0 Å². The Morgan fingerprint density at radius 1 is 1.36 bits per heavy atom. The SMILES string of the molecule is CC(C)N(CCCO)C1CCNCC1. The molecule has 1 aliphatic heterocycles. The molecule has 1 fully saturated rings. The predicted molar refractivity (Wildman–Crippen MR) is 59.4 cm³/mol. The van der Waals surface area contributed by atoms with Crippen LogP contribution in [0, 0.1) is 0 Å². The van der Waals surface area contributed by atoms with Crippen molar-refractivity contribution in [3.8, 4) is 0 Å². The number of rotatable bonds is 5. The number of piperidine rings is 1. The molecule has 0 saturated carbocycles. The summed E-state index contributed by atoms with van der Waals surface area (Å²) < 4.78 is 0. The zero-order chi connectivity index (χ0) is 10.4. The van der Waals surface area contributed by atoms with E-state index < -0.39 is 0 Å². The van der Waals surface area contributed by atoms with E-state index in [0.717, 1.165) is 32.1 Å². The van der Waals surface area contributed by atoms with Gasteiger partial charge < -0.3 is 10.4 Å². The molecular formula is C11H24N2O. The topological polar surface area (TPSA) is 35.5 Å². The molecule has 3 heteroatoms. The van der Waals surface area contributed by atoms with Crippen molar-refractivity contribution in [2.45, 2.75) is 45.2 Å². The highest BCUT2D eigenvalue weighted by Crippen LogP contribution is 2.15. The van der Waals surface area contributed by atoms with Crippen molar-refractivity contribution in [2.75, 3.05) is 26.2 Å². The fraction of sp³-hybridized carbons (Fsp3) is 1.00. The first-order valence-electron chi connectivity index (χ1n) is 5.83. The minimum Gasteiger partial charge on any atom is -0.396 e. The normalized spacial score (nSPS) is 19.5. The summed E-state index contributed by atoms with van der Waals surface area (Å²) in [6.07, 6.45) is 3.41. The maximum Gasteiger partial charge on any atom is 0.0443 e. The molecule has 0 atom stereocenters. The monoisotopic (exact) mass is 200 g/mol. The fourth-order valence-corrected chi connectivity index (χ4v) is 2.25. The second-order valence-corrected chi connectivity index (χ2v) is 4.39. The number of nitrogens with one attached hydrogen (secondary N) is 1. The van der Waals surface area contributed by atoms with Crippen LogP contribution in [0.1, 0.15) is 33.1 Å². The molecule has 0 radical (unpaired) electrons. The summed E-state index contributed by atoms with van der Waals surface area (Å²) in [4.78, 5) is 2.54. The van der Waals surface area contributed by atoms with E-state index in [0.29, 0.717) is 12.6 Å². The third-order valence-corrected chi connectivity index (χ3v) is 3.02. The summed E-state index contributed by atoms with van der Waals surface area (Å²) in [5.74, 6) is 0. The molecule has 0 unspecified atom stereocenters. The number of hydrogen-bond donors (Lipinski definition) is 2. The number of nitrogens with zero attached hydrogens (tertiary/aromatic N) is 1. The molecule has 1 rings (SSSR count). The molecule has 14 heavy (non-hydrogen) atoms. The van der Waals surface area contributed by atoms with Crippen molar-refractivity contribution in [3.63, 3.8) is 0 Å². The summed E-state index contributed by atoms with van der Waals surface area (Å²) in [6.45, 7) is 8.14. The van der Waals surface area contributed by atoms with Gasteiger partial charge in [-0.25, -0.2) is 0 Å². The zero-order valence-corrected chi connectivity index (χ0v) is 9.50. The first kappa shape index (κ1) is 12.0. The van der Waals surface area contributed by atoms with Gasteiger partial charge in [0.15, 0.2) is 0 Å². The van der Waals surface area contributed by atoms with Crippen LogP contribution < -0.4 is 5.32 Å². The van der Waals surface area contributed by atoms with Crippen molar-refractivity contribution in [1.29, 1.82) is 0 Å². The second kappa shape index (κ2) is 6.38. The average molecular weight is 200 g/mol. The Bertz CT molecular complexity index is 144. The lowest BCUT2D eigenvalue weighted by Gasteiger charge is -2.37. The van der Waals surface area contributed by atoms with Crippen LogP contribution in [0.15, 0.2) is 0 Å². The minimum atomic E-state index is 0.314. The summed E-state index contributed by atoms with van der Waals surface area (Å²) in [7, 11) is 0. The van der Waals surface area contributed by atoms with E-state index in [1.807, 2.05) is 0 Å². The van der Waals surface area contributed by atoms with Gasteiger partial charge in [0.25, 0.3) is 0 Å². The van der Waals surface area contributed by atoms with Crippen molar-refractivity contribution >= 4 is 0 Å². The molecule has 0 amide bonds. The Morgan fingerprint density at radius 3 is 2.50 bits per heavy atom. The lowest BCUT2D eigenvalue weighted by Crippen LogP contribution is -2.46. The largest absolute Gasteiger partial charge is 0.396 e. The molecule has 0 spiro atoms. The van der Waals surface area contributed by atoms with Crippen molar-refractivity contribution in [3.05, 3.63) is 0 Å². The van der Waals surface area contributed by atoms with Crippen LogP contribution >= 0.6 is 0 Å². The molecule has 2 N–H and O–H groups in total. The second-order valence-electron chi connectivity index (χ2n) is 4.39. The molecule has 1 saturated heterocycles. The lowest BCUT2D eigenvalue weighted by atomic mass is 10.0. The summed E-state index contributed by atoms with van der Waals surface area (Å²) in [5, 5.41) is 12.2. The van der Waals surface area contributed by atoms with Gasteiger partial charge in [-0.1, -0.05) is 0 Å². The first-order chi connectivity index (χ1) is 6.75. The van der Waals surface area contributed by atoms with E-state index in [1.54, 1.807) is 0 Å².